The van der Waals surface area contributed by atoms with Crippen LogP contribution in [0, 0.1) is 11.3 Å². The molecular formula is C18H38N2. The van der Waals surface area contributed by atoms with Crippen LogP contribution in [0.3, 0.4) is 0 Å². The van der Waals surface area contributed by atoms with E-state index in [1.54, 1.807) is 0 Å². The Labute approximate surface area is 127 Å². The highest BCUT2D eigenvalue weighted by Crippen LogP contribution is 2.34. The van der Waals surface area contributed by atoms with Gasteiger partial charge < -0.3 is 10.2 Å². The summed E-state index contributed by atoms with van der Waals surface area (Å²) in [5.74, 6) is 0.911. The molecule has 2 heteroatoms. The van der Waals surface area contributed by atoms with Gasteiger partial charge in [0.1, 0.15) is 0 Å². The highest BCUT2D eigenvalue weighted by Gasteiger charge is 2.29. The maximum absolute atomic E-state index is 3.59. The Morgan fingerprint density at radius 2 is 1.60 bits per heavy atom. The van der Waals surface area contributed by atoms with Crippen LogP contribution in [-0.2, 0) is 0 Å². The van der Waals surface area contributed by atoms with Crippen LogP contribution in [0.15, 0.2) is 0 Å². The predicted octanol–water partition coefficient (Wildman–Crippen LogP) is 4.30. The Morgan fingerprint density at radius 3 is 2.05 bits per heavy atom. The molecule has 2 nitrogen and oxygen atoms in total. The third-order valence-corrected chi connectivity index (χ3v) is 4.83. The fourth-order valence-electron chi connectivity index (χ4n) is 3.25. The number of nitrogens with one attached hydrogen (secondary N) is 1. The number of piperidine rings is 1. The second-order valence-corrected chi connectivity index (χ2v) is 8.84. The Hall–Kier alpha value is -0.0800. The lowest BCUT2D eigenvalue weighted by atomic mass is 9.75. The highest BCUT2D eigenvalue weighted by atomic mass is 15.2. The largest absolute Gasteiger partial charge is 0.312 e. The smallest absolute Gasteiger partial charge is 0.00965 e. The van der Waals surface area contributed by atoms with Gasteiger partial charge in [0.05, 0.1) is 0 Å². The van der Waals surface area contributed by atoms with Crippen LogP contribution in [0.4, 0.5) is 0 Å². The quantitative estimate of drug-likeness (QED) is 0.756. The van der Waals surface area contributed by atoms with Gasteiger partial charge in [0.15, 0.2) is 0 Å². The molecule has 0 spiro atoms. The minimum atomic E-state index is 0.258. The SMILES string of the molecule is CC(CCCNC(C)(C)C)N1CCC(C(C)(C)C)CC1. The number of nitrogens with zero attached hydrogens (tertiary/aromatic N) is 1. The van der Waals surface area contributed by atoms with Gasteiger partial charge in [-0.2, -0.15) is 0 Å². The fourth-order valence-corrected chi connectivity index (χ4v) is 3.25. The molecule has 0 bridgehead atoms. The summed E-state index contributed by atoms with van der Waals surface area (Å²) in [5, 5.41) is 3.59. The Balaban J connectivity index is 2.21. The van der Waals surface area contributed by atoms with Crippen molar-refractivity contribution in [3.63, 3.8) is 0 Å². The Bertz CT molecular complexity index is 264. The van der Waals surface area contributed by atoms with Gasteiger partial charge in [0, 0.05) is 11.6 Å². The fraction of sp³-hybridized carbons (Fsp3) is 1.00. The van der Waals surface area contributed by atoms with Crippen molar-refractivity contribution in [2.45, 2.75) is 85.7 Å². The zero-order valence-electron chi connectivity index (χ0n) is 15.1. The van der Waals surface area contributed by atoms with E-state index < -0.39 is 0 Å². The van der Waals surface area contributed by atoms with Crippen molar-refractivity contribution in [3.05, 3.63) is 0 Å². The highest BCUT2D eigenvalue weighted by molar-refractivity contribution is 4.82. The summed E-state index contributed by atoms with van der Waals surface area (Å²) in [5.41, 5.74) is 0.750. The topological polar surface area (TPSA) is 15.3 Å². The van der Waals surface area contributed by atoms with Crippen LogP contribution in [0.2, 0.25) is 0 Å². The summed E-state index contributed by atoms with van der Waals surface area (Å²) in [4.78, 5) is 2.71. The molecule has 0 aliphatic carbocycles. The number of hydrogen-bond acceptors (Lipinski definition) is 2. The third kappa shape index (κ3) is 6.58. The van der Waals surface area contributed by atoms with Crippen LogP contribution >= 0.6 is 0 Å². The first-order valence-corrected chi connectivity index (χ1v) is 8.58. The number of hydrogen-bond donors (Lipinski definition) is 1. The first kappa shape index (κ1) is 18.0. The van der Waals surface area contributed by atoms with Gasteiger partial charge in [-0.05, 0) is 84.3 Å². The molecule has 1 rings (SSSR count). The normalized spacial score (nSPS) is 21.1. The average Bonchev–Trinajstić information content (AvgIpc) is 2.32. The lowest BCUT2D eigenvalue weighted by Gasteiger charge is -2.41. The number of likely N-dealkylation sites (tertiary alicyclic amines) is 1. The summed E-state index contributed by atoms with van der Waals surface area (Å²) in [6.07, 6.45) is 5.38. The molecular weight excluding hydrogens is 244 g/mol. The van der Waals surface area contributed by atoms with E-state index in [4.69, 9.17) is 0 Å². The molecule has 0 saturated carbocycles. The van der Waals surface area contributed by atoms with Gasteiger partial charge in [0.25, 0.3) is 0 Å². The molecule has 0 aromatic rings. The van der Waals surface area contributed by atoms with Crippen molar-refractivity contribution in [1.82, 2.24) is 10.2 Å². The lowest BCUT2D eigenvalue weighted by Crippen LogP contribution is -2.43. The monoisotopic (exact) mass is 282 g/mol. The molecule has 0 aromatic heterocycles. The van der Waals surface area contributed by atoms with Crippen LogP contribution < -0.4 is 5.32 Å². The van der Waals surface area contributed by atoms with Crippen molar-refractivity contribution < 1.29 is 0 Å². The van der Waals surface area contributed by atoms with Crippen LogP contribution in [0.5, 0.6) is 0 Å². The molecule has 1 N–H and O–H groups in total. The predicted molar refractivity (Wildman–Crippen MR) is 90.2 cm³/mol. The zero-order chi connectivity index (χ0) is 15.4. The maximum Gasteiger partial charge on any atom is 0.00965 e. The van der Waals surface area contributed by atoms with Crippen molar-refractivity contribution in [3.8, 4) is 0 Å². The van der Waals surface area contributed by atoms with E-state index >= 15 is 0 Å². The molecule has 1 saturated heterocycles. The van der Waals surface area contributed by atoms with Gasteiger partial charge in [-0.25, -0.2) is 0 Å². The van der Waals surface area contributed by atoms with E-state index in [0.717, 1.165) is 18.5 Å². The standard InChI is InChI=1S/C18H38N2/c1-15(9-8-12-19-18(5,6)7)20-13-10-16(11-14-20)17(2,3)4/h15-16,19H,8-14H2,1-7H3. The first-order valence-electron chi connectivity index (χ1n) is 8.58. The van der Waals surface area contributed by atoms with E-state index in [2.05, 4.69) is 58.7 Å². The molecule has 120 valence electrons. The number of rotatable bonds is 5. The summed E-state index contributed by atoms with van der Waals surface area (Å²) < 4.78 is 0. The van der Waals surface area contributed by atoms with Crippen molar-refractivity contribution in [1.29, 1.82) is 0 Å². The second kappa shape index (κ2) is 7.26. The van der Waals surface area contributed by atoms with E-state index in [1.165, 1.54) is 38.8 Å². The van der Waals surface area contributed by atoms with E-state index in [0.29, 0.717) is 5.41 Å². The second-order valence-electron chi connectivity index (χ2n) is 8.84. The van der Waals surface area contributed by atoms with Crippen LogP contribution in [0.25, 0.3) is 0 Å². The molecule has 0 aromatic carbocycles. The summed E-state index contributed by atoms with van der Waals surface area (Å²) >= 11 is 0. The van der Waals surface area contributed by atoms with Crippen LogP contribution in [-0.4, -0.2) is 36.1 Å². The van der Waals surface area contributed by atoms with Gasteiger partial charge >= 0.3 is 0 Å². The van der Waals surface area contributed by atoms with Crippen molar-refractivity contribution in [2.75, 3.05) is 19.6 Å². The third-order valence-electron chi connectivity index (χ3n) is 4.83. The Morgan fingerprint density at radius 1 is 1.05 bits per heavy atom. The molecule has 1 fully saturated rings. The van der Waals surface area contributed by atoms with E-state index in [-0.39, 0.29) is 5.54 Å². The molecule has 1 aliphatic heterocycles. The summed E-state index contributed by atoms with van der Waals surface area (Å²) in [6.45, 7) is 20.1. The van der Waals surface area contributed by atoms with E-state index in [1.807, 2.05) is 0 Å². The summed E-state index contributed by atoms with van der Waals surface area (Å²) in [7, 11) is 0. The van der Waals surface area contributed by atoms with Gasteiger partial charge in [-0.3, -0.25) is 0 Å². The molecule has 1 aliphatic rings. The maximum atomic E-state index is 3.59. The van der Waals surface area contributed by atoms with Crippen molar-refractivity contribution >= 4 is 0 Å². The lowest BCUT2D eigenvalue weighted by molar-refractivity contribution is 0.0842. The molecule has 20 heavy (non-hydrogen) atoms. The average molecular weight is 283 g/mol. The summed E-state index contributed by atoms with van der Waals surface area (Å²) in [6, 6.07) is 0.748. The van der Waals surface area contributed by atoms with Crippen LogP contribution in [0.1, 0.15) is 74.1 Å². The van der Waals surface area contributed by atoms with Gasteiger partial charge in [0.2, 0.25) is 0 Å². The van der Waals surface area contributed by atoms with Gasteiger partial charge in [-0.1, -0.05) is 20.8 Å². The Kier molecular flexibility index (Phi) is 6.53. The minimum Gasteiger partial charge on any atom is -0.312 e. The first-order chi connectivity index (χ1) is 9.09. The van der Waals surface area contributed by atoms with Gasteiger partial charge in [-0.15, -0.1) is 0 Å². The zero-order valence-corrected chi connectivity index (χ0v) is 15.1. The molecule has 1 atom stereocenters. The minimum absolute atomic E-state index is 0.258. The molecule has 1 heterocycles. The molecule has 0 radical (unpaired) electrons. The molecule has 0 amide bonds. The van der Waals surface area contributed by atoms with Crippen molar-refractivity contribution in [2.24, 2.45) is 11.3 Å². The van der Waals surface area contributed by atoms with E-state index in [9.17, 15) is 0 Å². The molecule has 1 unspecified atom stereocenters.